The van der Waals surface area contributed by atoms with Crippen LogP contribution < -0.4 is 0 Å². The van der Waals surface area contributed by atoms with Crippen LogP contribution in [0.5, 0.6) is 0 Å². The molecule has 0 amide bonds. The molecule has 0 aromatic rings. The van der Waals surface area contributed by atoms with Crippen molar-refractivity contribution in [3.05, 3.63) is 0 Å². The van der Waals surface area contributed by atoms with E-state index in [0.717, 1.165) is 21.4 Å². The summed E-state index contributed by atoms with van der Waals surface area (Å²) in [5, 5.41) is 0. The highest BCUT2D eigenvalue weighted by atomic mass is 28.2. The Bertz CT molecular complexity index is 49.6. The van der Waals surface area contributed by atoms with Crippen LogP contribution in [0.15, 0.2) is 0 Å². The molecule has 55 valence electrons. The lowest BCUT2D eigenvalue weighted by molar-refractivity contribution is 0.700. The summed E-state index contributed by atoms with van der Waals surface area (Å²) in [6.45, 7) is 9.25. The van der Waals surface area contributed by atoms with Crippen molar-refractivity contribution >= 4 is 9.52 Å². The van der Waals surface area contributed by atoms with Crippen LogP contribution in [0.3, 0.4) is 0 Å². The van der Waals surface area contributed by atoms with Gasteiger partial charge in [0.25, 0.3) is 0 Å². The van der Waals surface area contributed by atoms with Gasteiger partial charge < -0.3 is 0 Å². The van der Waals surface area contributed by atoms with E-state index in [-0.39, 0.29) is 0 Å². The molecule has 0 spiro atoms. The quantitative estimate of drug-likeness (QED) is 0.531. The molecule has 0 aliphatic carbocycles. The van der Waals surface area contributed by atoms with Gasteiger partial charge in [0.15, 0.2) is 0 Å². The SMILES string of the molecule is CC(C)C[SiH]CC(C)C. The Kier molecular flexibility index (Phi) is 5.16. The second-order valence-corrected chi connectivity index (χ2v) is 5.07. The van der Waals surface area contributed by atoms with Gasteiger partial charge in [-0.05, 0) is 11.8 Å². The molecule has 0 fully saturated rings. The molecule has 0 aromatic carbocycles. The standard InChI is InChI=1S/C8H19Si/c1-7(2)5-9-6-8(3)4/h7-9H,5-6H2,1-4H3. The summed E-state index contributed by atoms with van der Waals surface area (Å²) in [6.07, 6.45) is 0. The van der Waals surface area contributed by atoms with Crippen LogP contribution in [-0.2, 0) is 0 Å². The summed E-state index contributed by atoms with van der Waals surface area (Å²) >= 11 is 0. The van der Waals surface area contributed by atoms with Gasteiger partial charge in [0.05, 0.1) is 0 Å². The van der Waals surface area contributed by atoms with Gasteiger partial charge in [-0.15, -0.1) is 0 Å². The highest BCUT2D eigenvalue weighted by molar-refractivity contribution is 6.35. The molecular weight excluding hydrogens is 124 g/mol. The van der Waals surface area contributed by atoms with Crippen LogP contribution in [0, 0.1) is 11.8 Å². The maximum Gasteiger partial charge on any atom is 0.0285 e. The van der Waals surface area contributed by atoms with Crippen LogP contribution in [0.25, 0.3) is 0 Å². The minimum atomic E-state index is 0.755. The van der Waals surface area contributed by atoms with E-state index < -0.39 is 0 Å². The van der Waals surface area contributed by atoms with Gasteiger partial charge in [-0.25, -0.2) is 0 Å². The van der Waals surface area contributed by atoms with E-state index in [1.54, 1.807) is 0 Å². The van der Waals surface area contributed by atoms with Crippen LogP contribution in [0.2, 0.25) is 12.1 Å². The van der Waals surface area contributed by atoms with Crippen molar-refractivity contribution in [1.82, 2.24) is 0 Å². The lowest BCUT2D eigenvalue weighted by atomic mass is 10.3. The summed E-state index contributed by atoms with van der Waals surface area (Å²) in [4.78, 5) is 0. The predicted molar refractivity (Wildman–Crippen MR) is 46.4 cm³/mol. The van der Waals surface area contributed by atoms with Crippen LogP contribution >= 0.6 is 0 Å². The van der Waals surface area contributed by atoms with Crippen LogP contribution in [0.1, 0.15) is 27.7 Å². The van der Waals surface area contributed by atoms with E-state index in [0.29, 0.717) is 0 Å². The van der Waals surface area contributed by atoms with Crippen molar-refractivity contribution < 1.29 is 0 Å². The number of hydrogen-bond acceptors (Lipinski definition) is 0. The normalized spacial score (nSPS) is 11.3. The van der Waals surface area contributed by atoms with E-state index in [9.17, 15) is 0 Å². The molecule has 0 bridgehead atoms. The molecule has 1 radical (unpaired) electrons. The van der Waals surface area contributed by atoms with Gasteiger partial charge in [-0.3, -0.25) is 0 Å². The summed E-state index contributed by atoms with van der Waals surface area (Å²) in [6, 6.07) is 2.97. The van der Waals surface area contributed by atoms with Crippen LogP contribution in [0.4, 0.5) is 0 Å². The number of rotatable bonds is 4. The first kappa shape index (κ1) is 9.22. The molecule has 1 heteroatoms. The van der Waals surface area contributed by atoms with E-state index >= 15 is 0 Å². The van der Waals surface area contributed by atoms with Gasteiger partial charge >= 0.3 is 0 Å². The molecule has 0 saturated heterocycles. The van der Waals surface area contributed by atoms with Gasteiger partial charge in [0.2, 0.25) is 0 Å². The lowest BCUT2D eigenvalue weighted by Crippen LogP contribution is -1.99. The van der Waals surface area contributed by atoms with Gasteiger partial charge in [-0.2, -0.15) is 0 Å². The van der Waals surface area contributed by atoms with Crippen molar-refractivity contribution in [3.8, 4) is 0 Å². The Morgan fingerprint density at radius 1 is 0.889 bits per heavy atom. The maximum absolute atomic E-state index is 2.31. The van der Waals surface area contributed by atoms with Gasteiger partial charge in [0.1, 0.15) is 0 Å². The van der Waals surface area contributed by atoms with E-state index in [4.69, 9.17) is 0 Å². The molecule has 0 saturated carbocycles. The first-order valence-corrected chi connectivity index (χ1v) is 5.58. The Hall–Kier alpha value is 0.217. The molecule has 0 unspecified atom stereocenters. The molecular formula is C8H19Si. The minimum absolute atomic E-state index is 0.755. The average molecular weight is 143 g/mol. The molecule has 0 N–H and O–H groups in total. The third-order valence-corrected chi connectivity index (χ3v) is 3.83. The summed E-state index contributed by atoms with van der Waals surface area (Å²) in [5.74, 6) is 1.86. The highest BCUT2D eigenvalue weighted by Gasteiger charge is 1.96. The first-order valence-electron chi connectivity index (χ1n) is 3.94. The molecule has 0 atom stereocenters. The van der Waals surface area contributed by atoms with Crippen molar-refractivity contribution in [2.75, 3.05) is 0 Å². The largest absolute Gasteiger partial charge is 0.0631 e. The Labute approximate surface area is 61.9 Å². The zero-order valence-electron chi connectivity index (χ0n) is 7.15. The molecule has 0 heterocycles. The summed E-state index contributed by atoms with van der Waals surface area (Å²) in [5.41, 5.74) is 0. The van der Waals surface area contributed by atoms with Crippen molar-refractivity contribution in [2.45, 2.75) is 39.8 Å². The van der Waals surface area contributed by atoms with Crippen molar-refractivity contribution in [3.63, 3.8) is 0 Å². The van der Waals surface area contributed by atoms with Crippen molar-refractivity contribution in [2.24, 2.45) is 11.8 Å². The molecule has 0 aromatic heterocycles. The molecule has 9 heavy (non-hydrogen) atoms. The smallest absolute Gasteiger partial charge is 0.0285 e. The molecule has 0 rings (SSSR count). The topological polar surface area (TPSA) is 0 Å². The second kappa shape index (κ2) is 5.04. The fraction of sp³-hybridized carbons (Fsp3) is 1.00. The lowest BCUT2D eigenvalue weighted by Gasteiger charge is -2.04. The third kappa shape index (κ3) is 8.22. The second-order valence-electron chi connectivity index (χ2n) is 3.55. The average Bonchev–Trinajstić information content (AvgIpc) is 1.63. The Morgan fingerprint density at radius 3 is 1.44 bits per heavy atom. The van der Waals surface area contributed by atoms with E-state index in [1.807, 2.05) is 0 Å². The predicted octanol–water partition coefficient (Wildman–Crippen LogP) is 2.57. The monoisotopic (exact) mass is 143 g/mol. The highest BCUT2D eigenvalue weighted by Crippen LogP contribution is 2.05. The maximum atomic E-state index is 2.31. The van der Waals surface area contributed by atoms with Gasteiger partial charge in [-0.1, -0.05) is 39.8 Å². The zero-order chi connectivity index (χ0) is 7.28. The van der Waals surface area contributed by atoms with Gasteiger partial charge in [0, 0.05) is 9.52 Å². The van der Waals surface area contributed by atoms with Crippen LogP contribution in [-0.4, -0.2) is 9.52 Å². The fourth-order valence-electron chi connectivity index (χ4n) is 0.763. The minimum Gasteiger partial charge on any atom is -0.0631 e. The molecule has 0 aliphatic heterocycles. The summed E-state index contributed by atoms with van der Waals surface area (Å²) in [7, 11) is 0.755. The molecule has 0 nitrogen and oxygen atoms in total. The Morgan fingerprint density at radius 2 is 1.22 bits per heavy atom. The van der Waals surface area contributed by atoms with E-state index in [2.05, 4.69) is 27.7 Å². The Balaban J connectivity index is 2.91. The fourth-order valence-corrected chi connectivity index (χ4v) is 2.29. The number of hydrogen-bond donors (Lipinski definition) is 0. The van der Waals surface area contributed by atoms with Crippen molar-refractivity contribution in [1.29, 1.82) is 0 Å². The van der Waals surface area contributed by atoms with E-state index in [1.165, 1.54) is 12.1 Å². The molecule has 0 aliphatic rings. The zero-order valence-corrected chi connectivity index (χ0v) is 8.30. The summed E-state index contributed by atoms with van der Waals surface area (Å²) < 4.78 is 0. The first-order chi connectivity index (χ1) is 4.13. The third-order valence-electron chi connectivity index (χ3n) is 1.28.